The van der Waals surface area contributed by atoms with Gasteiger partial charge < -0.3 is 30.1 Å². The molecule has 0 spiro atoms. The number of likely N-dealkylation sites (N-methyl/N-ethyl adjacent to an activating group) is 1. The largest absolute Gasteiger partial charge is 0.495 e. The van der Waals surface area contributed by atoms with Gasteiger partial charge in [-0.1, -0.05) is 19.4 Å². The van der Waals surface area contributed by atoms with E-state index in [1.54, 1.807) is 18.2 Å². The van der Waals surface area contributed by atoms with E-state index in [1.807, 2.05) is 11.9 Å². The van der Waals surface area contributed by atoms with Gasteiger partial charge in [-0.05, 0) is 44.2 Å². The molecule has 0 radical (unpaired) electrons. The lowest BCUT2D eigenvalue weighted by molar-refractivity contribution is -0.126. The molecule has 11 heteroatoms. The molecular formula is C27H34FN7O3. The Morgan fingerprint density at radius 2 is 2.00 bits per heavy atom. The number of nitrogens with zero attached hydrogens (tertiary/aromatic N) is 5. The molecule has 1 aliphatic carbocycles. The minimum absolute atomic E-state index is 0.0636. The number of carbonyl (C=O) groups is 2. The van der Waals surface area contributed by atoms with E-state index in [4.69, 9.17) is 9.72 Å². The normalized spacial score (nSPS) is 22.5. The molecule has 3 aliphatic rings. The number of alkyl halides is 1. The summed E-state index contributed by atoms with van der Waals surface area (Å²) >= 11 is 0. The lowest BCUT2D eigenvalue weighted by atomic mass is 10.0. The predicted molar refractivity (Wildman–Crippen MR) is 144 cm³/mol. The highest BCUT2D eigenvalue weighted by Gasteiger charge is 2.46. The maximum Gasteiger partial charge on any atom is 0.270 e. The first-order valence-electron chi connectivity index (χ1n) is 12.9. The molecule has 2 aliphatic heterocycles. The lowest BCUT2D eigenvalue weighted by Gasteiger charge is -2.36. The second-order valence-corrected chi connectivity index (χ2v) is 10.3. The maximum atomic E-state index is 15.8. The Balaban J connectivity index is 1.43. The van der Waals surface area contributed by atoms with Gasteiger partial charge in [0.1, 0.15) is 11.4 Å². The highest BCUT2D eigenvalue weighted by Crippen LogP contribution is 2.40. The number of hydrogen-bond donors (Lipinski definition) is 2. The number of methoxy groups -OCH3 is 1. The summed E-state index contributed by atoms with van der Waals surface area (Å²) in [6.45, 7) is 5.10. The van der Waals surface area contributed by atoms with Crippen LogP contribution >= 0.6 is 0 Å². The third-order valence-corrected chi connectivity index (χ3v) is 7.64. The molecule has 3 heterocycles. The molecule has 1 aromatic heterocycles. The van der Waals surface area contributed by atoms with Crippen molar-refractivity contribution in [3.8, 4) is 5.75 Å². The van der Waals surface area contributed by atoms with Crippen LogP contribution in [0.25, 0.3) is 0 Å². The van der Waals surface area contributed by atoms with E-state index < -0.39 is 11.6 Å². The number of amides is 2. The Labute approximate surface area is 221 Å². The number of likely N-dealkylation sites (tertiary alicyclic amines) is 1. The quantitative estimate of drug-likeness (QED) is 0.534. The molecule has 1 atom stereocenters. The van der Waals surface area contributed by atoms with Crippen LogP contribution in [0.5, 0.6) is 5.75 Å². The van der Waals surface area contributed by atoms with Gasteiger partial charge >= 0.3 is 0 Å². The second-order valence-electron chi connectivity index (χ2n) is 10.3. The molecule has 38 heavy (non-hydrogen) atoms. The fraction of sp³-hybridized carbons (Fsp3) is 0.481. The van der Waals surface area contributed by atoms with Crippen LogP contribution in [-0.4, -0.2) is 85.3 Å². The van der Waals surface area contributed by atoms with Crippen LogP contribution in [0, 0.1) is 0 Å². The van der Waals surface area contributed by atoms with Crippen LogP contribution in [0.3, 0.4) is 0 Å². The first-order chi connectivity index (χ1) is 18.2. The number of benzene rings is 1. The molecule has 2 N–H and O–H groups in total. The van der Waals surface area contributed by atoms with Crippen LogP contribution in [0.15, 0.2) is 37.1 Å². The zero-order valence-corrected chi connectivity index (χ0v) is 22.0. The minimum Gasteiger partial charge on any atom is -0.495 e. The number of rotatable bonds is 7. The Morgan fingerprint density at radius 3 is 2.66 bits per heavy atom. The summed E-state index contributed by atoms with van der Waals surface area (Å²) in [6.07, 6.45) is 6.48. The summed E-state index contributed by atoms with van der Waals surface area (Å²) in [5.74, 6) is 0.364. The summed E-state index contributed by atoms with van der Waals surface area (Å²) in [6, 6.07) is 5.33. The maximum absolute atomic E-state index is 15.8. The summed E-state index contributed by atoms with van der Waals surface area (Å²) in [5, 5.41) is 6.19. The van der Waals surface area contributed by atoms with E-state index in [0.29, 0.717) is 28.5 Å². The molecule has 0 bridgehead atoms. The number of fused-ring (bicyclic) bond motifs is 1. The fourth-order valence-corrected chi connectivity index (χ4v) is 5.44. The van der Waals surface area contributed by atoms with Crippen molar-refractivity contribution in [2.45, 2.75) is 43.4 Å². The second kappa shape index (κ2) is 10.2. The van der Waals surface area contributed by atoms with Crippen LogP contribution < -0.4 is 25.2 Å². The Morgan fingerprint density at radius 1 is 1.26 bits per heavy atom. The van der Waals surface area contributed by atoms with Gasteiger partial charge in [0.2, 0.25) is 11.6 Å². The lowest BCUT2D eigenvalue weighted by Crippen LogP contribution is -2.57. The van der Waals surface area contributed by atoms with Gasteiger partial charge in [0.05, 0.1) is 31.6 Å². The van der Waals surface area contributed by atoms with Crippen molar-refractivity contribution >= 4 is 35.0 Å². The SMILES string of the molecule is C=CC1(F)CN(C2CCCC2)c2nc(Nc3ccc(C(=O)NC4CN(C)C4)cc3OC)ncc2N(C)C1=O. The number of hydrogen-bond acceptors (Lipinski definition) is 8. The molecule has 2 aromatic rings. The number of anilines is 4. The topological polar surface area (TPSA) is 103 Å². The van der Waals surface area contributed by atoms with Gasteiger partial charge in [-0.15, -0.1) is 0 Å². The molecule has 202 valence electrons. The molecule has 10 nitrogen and oxygen atoms in total. The third kappa shape index (κ3) is 4.78. The average Bonchev–Trinajstić information content (AvgIpc) is 3.42. The zero-order valence-electron chi connectivity index (χ0n) is 22.0. The molecular weight excluding hydrogens is 489 g/mol. The summed E-state index contributed by atoms with van der Waals surface area (Å²) in [7, 11) is 5.06. The van der Waals surface area contributed by atoms with Gasteiger partial charge in [-0.25, -0.2) is 9.37 Å². The highest BCUT2D eigenvalue weighted by molar-refractivity contribution is 6.04. The van der Waals surface area contributed by atoms with E-state index in [0.717, 1.165) is 44.8 Å². The van der Waals surface area contributed by atoms with Crippen LogP contribution in [-0.2, 0) is 4.79 Å². The van der Waals surface area contributed by atoms with E-state index >= 15 is 4.39 Å². The van der Waals surface area contributed by atoms with Crippen LogP contribution in [0.2, 0.25) is 0 Å². The molecule has 1 unspecified atom stereocenters. The van der Waals surface area contributed by atoms with Crippen molar-refractivity contribution in [2.75, 3.05) is 56.0 Å². The molecule has 1 saturated heterocycles. The van der Waals surface area contributed by atoms with E-state index in [2.05, 4.69) is 27.1 Å². The average molecular weight is 524 g/mol. The molecule has 2 fully saturated rings. The van der Waals surface area contributed by atoms with Gasteiger partial charge in [0.15, 0.2) is 5.82 Å². The molecule has 2 amide bonds. The van der Waals surface area contributed by atoms with E-state index in [-0.39, 0.29) is 30.5 Å². The first kappa shape index (κ1) is 25.9. The number of carbonyl (C=O) groups excluding carboxylic acids is 2. The minimum atomic E-state index is -2.24. The predicted octanol–water partition coefficient (Wildman–Crippen LogP) is 2.89. The van der Waals surface area contributed by atoms with Gasteiger partial charge in [0, 0.05) is 31.7 Å². The van der Waals surface area contributed by atoms with Crippen molar-refractivity contribution in [1.29, 1.82) is 0 Å². The first-order valence-corrected chi connectivity index (χ1v) is 12.9. The van der Waals surface area contributed by atoms with Crippen molar-refractivity contribution in [3.05, 3.63) is 42.6 Å². The van der Waals surface area contributed by atoms with Crippen molar-refractivity contribution in [2.24, 2.45) is 0 Å². The standard InChI is InChI=1S/C27H34FN7O3/c1-5-27(28)16-35(19-8-6-7-9-19)23-21(34(3)25(27)37)13-29-26(32-23)31-20-11-10-17(12-22(20)38-4)24(36)30-18-14-33(2)15-18/h5,10-13,18-19H,1,6-9,14-16H2,2-4H3,(H,30,36)(H,29,31,32). The smallest absolute Gasteiger partial charge is 0.270 e. The number of nitrogens with one attached hydrogen (secondary N) is 2. The Kier molecular flexibility index (Phi) is 6.95. The molecule has 1 aromatic carbocycles. The van der Waals surface area contributed by atoms with Gasteiger partial charge in [0.25, 0.3) is 11.8 Å². The molecule has 5 rings (SSSR count). The highest BCUT2D eigenvalue weighted by atomic mass is 19.1. The Hall–Kier alpha value is -3.73. The summed E-state index contributed by atoms with van der Waals surface area (Å²) in [4.78, 5) is 40.1. The summed E-state index contributed by atoms with van der Waals surface area (Å²) < 4.78 is 21.3. The monoisotopic (exact) mass is 523 g/mol. The summed E-state index contributed by atoms with van der Waals surface area (Å²) in [5.41, 5.74) is -0.737. The van der Waals surface area contributed by atoms with Crippen molar-refractivity contribution in [1.82, 2.24) is 20.2 Å². The van der Waals surface area contributed by atoms with Crippen molar-refractivity contribution < 1.29 is 18.7 Å². The van der Waals surface area contributed by atoms with E-state index in [1.165, 1.54) is 25.3 Å². The van der Waals surface area contributed by atoms with Crippen LogP contribution in [0.4, 0.5) is 27.5 Å². The van der Waals surface area contributed by atoms with Crippen molar-refractivity contribution in [3.63, 3.8) is 0 Å². The van der Waals surface area contributed by atoms with Crippen LogP contribution in [0.1, 0.15) is 36.0 Å². The number of aromatic nitrogens is 2. The third-order valence-electron chi connectivity index (χ3n) is 7.64. The molecule has 1 saturated carbocycles. The fourth-order valence-electron chi connectivity index (χ4n) is 5.44. The van der Waals surface area contributed by atoms with Gasteiger partial charge in [-0.3, -0.25) is 9.59 Å². The Bertz CT molecular complexity index is 1250. The van der Waals surface area contributed by atoms with E-state index in [9.17, 15) is 9.59 Å². The number of ether oxygens (including phenoxy) is 1. The number of halogens is 1. The zero-order chi connectivity index (χ0) is 27.0. The van der Waals surface area contributed by atoms with Gasteiger partial charge in [-0.2, -0.15) is 4.98 Å².